The highest BCUT2D eigenvalue weighted by atomic mass is 16.5. The van der Waals surface area contributed by atoms with E-state index in [4.69, 9.17) is 0 Å². The number of carbonyl (C=O) groups is 1. The van der Waals surface area contributed by atoms with Gasteiger partial charge in [-0.3, -0.25) is 9.79 Å². The van der Waals surface area contributed by atoms with Crippen molar-refractivity contribution in [2.75, 3.05) is 33.4 Å². The number of aliphatic imine (C=N–C) groups is 1. The summed E-state index contributed by atoms with van der Waals surface area (Å²) in [6.07, 6.45) is 3.03. The number of nitrogens with one attached hydrogen (secondary N) is 2. The predicted molar refractivity (Wildman–Crippen MR) is 85.3 cm³/mol. The Morgan fingerprint density at radius 1 is 1.24 bits per heavy atom. The Labute approximate surface area is 128 Å². The quantitative estimate of drug-likeness (QED) is 0.322. The van der Waals surface area contributed by atoms with Crippen LogP contribution in [0.25, 0.3) is 0 Å². The molecule has 0 aromatic heterocycles. The van der Waals surface area contributed by atoms with Crippen molar-refractivity contribution < 1.29 is 14.6 Å². The summed E-state index contributed by atoms with van der Waals surface area (Å²) in [6.45, 7) is 8.35. The van der Waals surface area contributed by atoms with Crippen LogP contribution in [0.15, 0.2) is 4.99 Å². The Balaban J connectivity index is 4.58. The van der Waals surface area contributed by atoms with Gasteiger partial charge in [-0.25, -0.2) is 0 Å². The van der Waals surface area contributed by atoms with Gasteiger partial charge in [0, 0.05) is 26.2 Å². The number of nitrogens with zero attached hydrogens (tertiary/aromatic N) is 1. The second kappa shape index (κ2) is 11.4. The Hall–Kier alpha value is -1.30. The standard InChI is InChI=1S/C15H31N3O3/c1-5-15(6-2,9-11-19)12-18-14(16-7-3)17-10-8-13(20)21-4/h19H,5-12H2,1-4H3,(H2,16,17,18). The fourth-order valence-corrected chi connectivity index (χ4v) is 2.12. The highest BCUT2D eigenvalue weighted by Gasteiger charge is 2.25. The molecule has 0 saturated carbocycles. The molecule has 0 saturated heterocycles. The number of hydrogen-bond acceptors (Lipinski definition) is 4. The fraction of sp³-hybridized carbons (Fsp3) is 0.867. The van der Waals surface area contributed by atoms with Crippen molar-refractivity contribution in [2.45, 2.75) is 46.5 Å². The van der Waals surface area contributed by atoms with Gasteiger partial charge in [-0.05, 0) is 31.6 Å². The number of methoxy groups -OCH3 is 1. The summed E-state index contributed by atoms with van der Waals surface area (Å²) < 4.78 is 4.61. The van der Waals surface area contributed by atoms with E-state index in [1.54, 1.807) is 0 Å². The maximum Gasteiger partial charge on any atom is 0.307 e. The van der Waals surface area contributed by atoms with Crippen LogP contribution < -0.4 is 10.6 Å². The number of hydrogen-bond donors (Lipinski definition) is 3. The van der Waals surface area contributed by atoms with Crippen LogP contribution in [-0.4, -0.2) is 50.4 Å². The first-order valence-electron chi connectivity index (χ1n) is 7.77. The number of rotatable bonds is 10. The van der Waals surface area contributed by atoms with Crippen LogP contribution in [0.4, 0.5) is 0 Å². The molecule has 6 nitrogen and oxygen atoms in total. The third kappa shape index (κ3) is 7.90. The molecule has 0 radical (unpaired) electrons. The molecule has 0 unspecified atom stereocenters. The van der Waals surface area contributed by atoms with E-state index in [1.165, 1.54) is 7.11 Å². The second-order valence-electron chi connectivity index (χ2n) is 5.13. The van der Waals surface area contributed by atoms with E-state index in [2.05, 4.69) is 34.2 Å². The second-order valence-corrected chi connectivity index (χ2v) is 5.13. The van der Waals surface area contributed by atoms with Gasteiger partial charge in [0.15, 0.2) is 5.96 Å². The molecule has 0 aromatic rings. The monoisotopic (exact) mass is 301 g/mol. The summed E-state index contributed by atoms with van der Waals surface area (Å²) in [7, 11) is 1.38. The van der Waals surface area contributed by atoms with Crippen LogP contribution in [0.1, 0.15) is 46.5 Å². The van der Waals surface area contributed by atoms with Crippen LogP contribution >= 0.6 is 0 Å². The van der Waals surface area contributed by atoms with E-state index >= 15 is 0 Å². The number of carbonyl (C=O) groups excluding carboxylic acids is 1. The van der Waals surface area contributed by atoms with Crippen molar-refractivity contribution in [2.24, 2.45) is 10.4 Å². The highest BCUT2D eigenvalue weighted by Crippen LogP contribution is 2.30. The van der Waals surface area contributed by atoms with Gasteiger partial charge in [0.1, 0.15) is 0 Å². The molecular formula is C15H31N3O3. The molecule has 0 atom stereocenters. The molecule has 0 rings (SSSR count). The summed E-state index contributed by atoms with van der Waals surface area (Å²) in [5.74, 6) is 0.459. The maximum absolute atomic E-state index is 11.1. The zero-order valence-electron chi connectivity index (χ0n) is 13.9. The number of esters is 1. The van der Waals surface area contributed by atoms with Crippen molar-refractivity contribution >= 4 is 11.9 Å². The molecule has 0 spiro atoms. The molecule has 0 aliphatic heterocycles. The Morgan fingerprint density at radius 2 is 1.90 bits per heavy atom. The van der Waals surface area contributed by atoms with Crippen molar-refractivity contribution in [3.8, 4) is 0 Å². The molecule has 3 N–H and O–H groups in total. The Morgan fingerprint density at radius 3 is 2.38 bits per heavy atom. The van der Waals surface area contributed by atoms with E-state index in [1.807, 2.05) is 6.92 Å². The number of guanidine groups is 1. The summed E-state index contributed by atoms with van der Waals surface area (Å²) in [5.41, 5.74) is 0.0411. The highest BCUT2D eigenvalue weighted by molar-refractivity contribution is 5.80. The zero-order chi connectivity index (χ0) is 16.1. The molecule has 0 bridgehead atoms. The molecule has 21 heavy (non-hydrogen) atoms. The van der Waals surface area contributed by atoms with Crippen molar-refractivity contribution in [3.05, 3.63) is 0 Å². The van der Waals surface area contributed by atoms with Gasteiger partial charge >= 0.3 is 5.97 Å². The van der Waals surface area contributed by atoms with E-state index in [0.29, 0.717) is 25.5 Å². The van der Waals surface area contributed by atoms with Crippen molar-refractivity contribution in [3.63, 3.8) is 0 Å². The SMILES string of the molecule is CCNC(=NCC(CC)(CC)CCO)NCCC(=O)OC. The van der Waals surface area contributed by atoms with E-state index in [-0.39, 0.29) is 18.0 Å². The minimum atomic E-state index is -0.241. The minimum absolute atomic E-state index is 0.0411. The molecule has 0 aliphatic rings. The lowest BCUT2D eigenvalue weighted by Gasteiger charge is -2.29. The van der Waals surface area contributed by atoms with Crippen LogP contribution in [0.2, 0.25) is 0 Å². The lowest BCUT2D eigenvalue weighted by Crippen LogP contribution is -2.39. The van der Waals surface area contributed by atoms with E-state index in [9.17, 15) is 9.90 Å². The summed E-state index contributed by atoms with van der Waals surface area (Å²) in [5, 5.41) is 15.5. The van der Waals surface area contributed by atoms with Crippen LogP contribution in [0, 0.1) is 5.41 Å². The van der Waals surface area contributed by atoms with Gasteiger partial charge < -0.3 is 20.5 Å². The smallest absolute Gasteiger partial charge is 0.307 e. The van der Waals surface area contributed by atoms with Crippen LogP contribution in [-0.2, 0) is 9.53 Å². The fourth-order valence-electron chi connectivity index (χ4n) is 2.12. The molecule has 0 fully saturated rings. The third-order valence-corrected chi connectivity index (χ3v) is 3.91. The topological polar surface area (TPSA) is 83.0 Å². The Bertz CT molecular complexity index is 315. The first kappa shape index (κ1) is 19.7. The zero-order valence-corrected chi connectivity index (χ0v) is 13.9. The van der Waals surface area contributed by atoms with Crippen LogP contribution in [0.5, 0.6) is 0 Å². The molecular weight excluding hydrogens is 270 g/mol. The van der Waals surface area contributed by atoms with Gasteiger partial charge in [-0.2, -0.15) is 0 Å². The summed E-state index contributed by atoms with van der Waals surface area (Å²) >= 11 is 0. The van der Waals surface area contributed by atoms with Crippen LogP contribution in [0.3, 0.4) is 0 Å². The first-order valence-corrected chi connectivity index (χ1v) is 7.77. The van der Waals surface area contributed by atoms with Gasteiger partial charge in [0.25, 0.3) is 0 Å². The minimum Gasteiger partial charge on any atom is -0.469 e. The molecule has 0 heterocycles. The molecule has 0 aromatic carbocycles. The molecule has 124 valence electrons. The number of aliphatic hydroxyl groups excluding tert-OH is 1. The predicted octanol–water partition coefficient (Wildman–Crippen LogP) is 1.29. The normalized spacial score (nSPS) is 12.1. The molecule has 0 aliphatic carbocycles. The molecule has 6 heteroatoms. The van der Waals surface area contributed by atoms with Crippen molar-refractivity contribution in [1.82, 2.24) is 10.6 Å². The Kier molecular flexibility index (Phi) is 10.7. The largest absolute Gasteiger partial charge is 0.469 e. The lowest BCUT2D eigenvalue weighted by molar-refractivity contribution is -0.140. The van der Waals surface area contributed by atoms with Gasteiger partial charge in [-0.1, -0.05) is 13.8 Å². The average molecular weight is 301 g/mol. The van der Waals surface area contributed by atoms with Crippen molar-refractivity contribution in [1.29, 1.82) is 0 Å². The third-order valence-electron chi connectivity index (χ3n) is 3.91. The van der Waals surface area contributed by atoms with Gasteiger partial charge in [0.2, 0.25) is 0 Å². The summed E-state index contributed by atoms with van der Waals surface area (Å²) in [4.78, 5) is 15.7. The first-order chi connectivity index (χ1) is 10.1. The lowest BCUT2D eigenvalue weighted by atomic mass is 9.79. The molecule has 0 amide bonds. The number of ether oxygens (including phenoxy) is 1. The van der Waals surface area contributed by atoms with E-state index in [0.717, 1.165) is 25.8 Å². The summed E-state index contributed by atoms with van der Waals surface area (Å²) in [6, 6.07) is 0. The maximum atomic E-state index is 11.1. The van der Waals surface area contributed by atoms with E-state index < -0.39 is 0 Å². The average Bonchev–Trinajstić information content (AvgIpc) is 2.51. The van der Waals surface area contributed by atoms with Gasteiger partial charge in [0.05, 0.1) is 13.5 Å². The van der Waals surface area contributed by atoms with Gasteiger partial charge in [-0.15, -0.1) is 0 Å². The number of aliphatic hydroxyl groups is 1.